The Hall–Kier alpha value is -1.79. The van der Waals surface area contributed by atoms with E-state index in [2.05, 4.69) is 0 Å². The summed E-state index contributed by atoms with van der Waals surface area (Å²) in [4.78, 5) is 13.5. The summed E-state index contributed by atoms with van der Waals surface area (Å²) in [7, 11) is 1.63. The fraction of sp³-hybridized carbons (Fsp3) is 0.214. The minimum Gasteiger partial charge on any atom is -0.324 e. The lowest BCUT2D eigenvalue weighted by molar-refractivity contribution is -0.117. The minimum absolute atomic E-state index is 0.0699. The van der Waals surface area contributed by atoms with Crippen molar-refractivity contribution in [2.75, 3.05) is 11.4 Å². The quantitative estimate of drug-likeness (QED) is 0.813. The Morgan fingerprint density at radius 2 is 1.76 bits per heavy atom. The van der Waals surface area contributed by atoms with Crippen molar-refractivity contribution < 1.29 is 13.2 Å². The molecule has 0 radical (unpaired) electrons. The highest BCUT2D eigenvalue weighted by molar-refractivity contribution is 8.14. The van der Waals surface area contributed by atoms with Crippen LogP contribution in [0.5, 0.6) is 0 Å². The van der Waals surface area contributed by atoms with Crippen LogP contribution in [0, 0.1) is 0 Å². The maximum Gasteiger partial charge on any atom is 0.237 e. The molecule has 0 saturated carbocycles. The van der Waals surface area contributed by atoms with Gasteiger partial charge in [-0.25, -0.2) is 8.42 Å². The Morgan fingerprint density at radius 3 is 2.38 bits per heavy atom. The number of anilines is 1. The largest absolute Gasteiger partial charge is 0.324 e. The second kappa shape index (κ2) is 5.20. The van der Waals surface area contributed by atoms with E-state index >= 15 is 0 Å². The van der Waals surface area contributed by atoms with Gasteiger partial charge in [0.25, 0.3) is 0 Å². The highest BCUT2D eigenvalue weighted by atomic mass is 35.7. The zero-order valence-electron chi connectivity index (χ0n) is 11.0. The third-order valence-electron chi connectivity index (χ3n) is 3.53. The Bertz CT molecular complexity index is 771. The van der Waals surface area contributed by atoms with Crippen molar-refractivity contribution in [3.05, 3.63) is 48.8 Å². The molecule has 110 valence electrons. The Labute approximate surface area is 127 Å². The average Bonchev–Trinajstić information content (AvgIpc) is 3.07. The van der Waals surface area contributed by atoms with Crippen LogP contribution in [0.15, 0.2) is 48.8 Å². The standard InChI is InChI=1S/C14H13ClN2O3S/c15-21(19,20)13-9-14(18)17(10-13)12-5-3-4-11(8-12)16-6-1-2-7-16/h1-8,13H,9-10H2. The Balaban J connectivity index is 1.91. The van der Waals surface area contributed by atoms with E-state index < -0.39 is 14.3 Å². The van der Waals surface area contributed by atoms with E-state index in [-0.39, 0.29) is 18.9 Å². The van der Waals surface area contributed by atoms with Crippen LogP contribution in [0.4, 0.5) is 5.69 Å². The van der Waals surface area contributed by atoms with Crippen LogP contribution in [-0.2, 0) is 13.8 Å². The fourth-order valence-electron chi connectivity index (χ4n) is 2.44. The van der Waals surface area contributed by atoms with E-state index in [0.717, 1.165) is 5.69 Å². The lowest BCUT2D eigenvalue weighted by Crippen LogP contribution is -2.26. The molecule has 3 rings (SSSR count). The molecule has 1 fully saturated rings. The molecular weight excluding hydrogens is 312 g/mol. The summed E-state index contributed by atoms with van der Waals surface area (Å²) in [5.74, 6) is -0.228. The first kappa shape index (κ1) is 14.2. The van der Waals surface area contributed by atoms with Crippen LogP contribution in [0.25, 0.3) is 5.69 Å². The van der Waals surface area contributed by atoms with Gasteiger partial charge in [-0.15, -0.1) is 0 Å². The van der Waals surface area contributed by atoms with E-state index in [0.29, 0.717) is 5.69 Å². The molecule has 1 aromatic heterocycles. The number of carbonyl (C=O) groups excluding carboxylic acids is 1. The molecular formula is C14H13ClN2O3S. The predicted octanol–water partition coefficient (Wildman–Crippen LogP) is 2.15. The molecule has 21 heavy (non-hydrogen) atoms. The van der Waals surface area contributed by atoms with Gasteiger partial charge in [0.15, 0.2) is 0 Å². The number of nitrogens with zero attached hydrogens (tertiary/aromatic N) is 2. The summed E-state index contributed by atoms with van der Waals surface area (Å²) in [5.41, 5.74) is 1.58. The number of hydrogen-bond acceptors (Lipinski definition) is 3. The van der Waals surface area contributed by atoms with Crippen LogP contribution in [0.3, 0.4) is 0 Å². The molecule has 0 N–H and O–H groups in total. The molecule has 1 aliphatic heterocycles. The van der Waals surface area contributed by atoms with Crippen molar-refractivity contribution >= 4 is 31.3 Å². The highest BCUT2D eigenvalue weighted by Crippen LogP contribution is 2.28. The predicted molar refractivity (Wildman–Crippen MR) is 81.3 cm³/mol. The molecule has 0 bridgehead atoms. The molecule has 1 atom stereocenters. The van der Waals surface area contributed by atoms with Gasteiger partial charge in [-0.3, -0.25) is 4.79 Å². The summed E-state index contributed by atoms with van der Waals surface area (Å²) < 4.78 is 24.7. The Morgan fingerprint density at radius 1 is 1.10 bits per heavy atom. The van der Waals surface area contributed by atoms with Crippen LogP contribution in [-0.4, -0.2) is 30.7 Å². The third-order valence-corrected chi connectivity index (χ3v) is 5.40. The zero-order chi connectivity index (χ0) is 15.0. The van der Waals surface area contributed by atoms with Crippen molar-refractivity contribution in [3.63, 3.8) is 0 Å². The molecule has 1 saturated heterocycles. The average molecular weight is 325 g/mol. The van der Waals surface area contributed by atoms with Crippen molar-refractivity contribution in [3.8, 4) is 5.69 Å². The summed E-state index contributed by atoms with van der Waals surface area (Å²) in [6, 6.07) is 11.2. The second-order valence-electron chi connectivity index (χ2n) is 4.92. The minimum atomic E-state index is -3.73. The third kappa shape index (κ3) is 2.82. The second-order valence-corrected chi connectivity index (χ2v) is 7.82. The van der Waals surface area contributed by atoms with Crippen molar-refractivity contribution in [1.29, 1.82) is 0 Å². The number of aromatic nitrogens is 1. The van der Waals surface area contributed by atoms with E-state index in [1.54, 1.807) is 6.07 Å². The van der Waals surface area contributed by atoms with Gasteiger partial charge in [0.1, 0.15) is 5.25 Å². The van der Waals surface area contributed by atoms with Crippen LogP contribution < -0.4 is 4.90 Å². The van der Waals surface area contributed by atoms with E-state index in [9.17, 15) is 13.2 Å². The highest BCUT2D eigenvalue weighted by Gasteiger charge is 2.37. The maximum atomic E-state index is 12.0. The molecule has 0 aliphatic carbocycles. The van der Waals surface area contributed by atoms with Gasteiger partial charge in [-0.1, -0.05) is 6.07 Å². The monoisotopic (exact) mass is 324 g/mol. The first-order valence-corrected chi connectivity index (χ1v) is 8.79. The van der Waals surface area contributed by atoms with Gasteiger partial charge >= 0.3 is 0 Å². The van der Waals surface area contributed by atoms with Gasteiger partial charge in [0.05, 0.1) is 0 Å². The molecule has 1 aliphatic rings. The van der Waals surface area contributed by atoms with Crippen LogP contribution in [0.1, 0.15) is 6.42 Å². The lowest BCUT2D eigenvalue weighted by Gasteiger charge is -2.17. The maximum absolute atomic E-state index is 12.0. The number of carbonyl (C=O) groups is 1. The summed E-state index contributed by atoms with van der Waals surface area (Å²) in [5, 5.41) is -0.845. The summed E-state index contributed by atoms with van der Waals surface area (Å²) in [6.07, 6.45) is 3.73. The number of halogens is 1. The SMILES string of the molecule is O=C1CC(S(=O)(=O)Cl)CN1c1cccc(-n2cccc2)c1. The topological polar surface area (TPSA) is 59.4 Å². The molecule has 7 heteroatoms. The van der Waals surface area contributed by atoms with Gasteiger partial charge in [0.2, 0.25) is 15.0 Å². The van der Waals surface area contributed by atoms with E-state index in [4.69, 9.17) is 10.7 Å². The number of rotatable bonds is 3. The molecule has 0 spiro atoms. The molecule has 5 nitrogen and oxygen atoms in total. The van der Waals surface area contributed by atoms with E-state index in [1.165, 1.54) is 4.90 Å². The van der Waals surface area contributed by atoms with Crippen molar-refractivity contribution in [2.24, 2.45) is 0 Å². The van der Waals surface area contributed by atoms with Gasteiger partial charge in [0, 0.05) is 47.4 Å². The molecule has 1 aromatic carbocycles. The van der Waals surface area contributed by atoms with Crippen molar-refractivity contribution in [1.82, 2.24) is 4.57 Å². The van der Waals surface area contributed by atoms with E-state index in [1.807, 2.05) is 47.3 Å². The van der Waals surface area contributed by atoms with Crippen molar-refractivity contribution in [2.45, 2.75) is 11.7 Å². The molecule has 1 amide bonds. The fourth-order valence-corrected chi connectivity index (χ4v) is 3.47. The van der Waals surface area contributed by atoms with Crippen LogP contribution in [0.2, 0.25) is 0 Å². The van der Waals surface area contributed by atoms with Gasteiger partial charge < -0.3 is 9.47 Å². The smallest absolute Gasteiger partial charge is 0.237 e. The number of benzene rings is 1. The first-order valence-electron chi connectivity index (χ1n) is 6.42. The normalized spacial score (nSPS) is 19.2. The zero-order valence-corrected chi connectivity index (χ0v) is 12.6. The number of hydrogen-bond donors (Lipinski definition) is 0. The summed E-state index contributed by atoms with van der Waals surface area (Å²) >= 11 is 0. The molecule has 1 unspecified atom stereocenters. The first-order chi connectivity index (χ1) is 9.95. The Kier molecular flexibility index (Phi) is 3.51. The van der Waals surface area contributed by atoms with Crippen LogP contribution >= 0.6 is 10.7 Å². The number of amides is 1. The summed E-state index contributed by atoms with van der Waals surface area (Å²) in [6.45, 7) is 0.0970. The molecule has 2 heterocycles. The molecule has 2 aromatic rings. The lowest BCUT2D eigenvalue weighted by atomic mass is 10.2. The van der Waals surface area contributed by atoms with Gasteiger partial charge in [-0.05, 0) is 30.3 Å². The van der Waals surface area contributed by atoms with Gasteiger partial charge in [-0.2, -0.15) is 0 Å².